The minimum atomic E-state index is 0.483. The summed E-state index contributed by atoms with van der Waals surface area (Å²) in [5.41, 5.74) is 5.86. The predicted molar refractivity (Wildman–Crippen MR) is 51.0 cm³/mol. The molecule has 2 unspecified atom stereocenters. The van der Waals surface area contributed by atoms with Gasteiger partial charge in [-0.15, -0.1) is 0 Å². The minimum absolute atomic E-state index is 0.483. The third-order valence-electron chi connectivity index (χ3n) is 3.62. The predicted octanol–water partition coefficient (Wildman–Crippen LogP) is 1.21. The zero-order chi connectivity index (χ0) is 8.55. The number of likely N-dealkylation sites (tertiary alicyclic amines) is 1. The standard InChI is InChI=1S/C10H20N2/c1-8-2-3-10(8)12-6-4-9(11)5-7-12/h8-10H,2-7,11H2,1H3. The van der Waals surface area contributed by atoms with E-state index in [0.29, 0.717) is 6.04 Å². The van der Waals surface area contributed by atoms with Gasteiger partial charge in [-0.3, -0.25) is 0 Å². The van der Waals surface area contributed by atoms with Crippen molar-refractivity contribution in [1.29, 1.82) is 0 Å². The Morgan fingerprint density at radius 2 is 1.75 bits per heavy atom. The molecular weight excluding hydrogens is 148 g/mol. The van der Waals surface area contributed by atoms with Gasteiger partial charge in [-0.05, 0) is 44.7 Å². The first-order valence-electron chi connectivity index (χ1n) is 5.27. The summed E-state index contributed by atoms with van der Waals surface area (Å²) in [7, 11) is 0. The van der Waals surface area contributed by atoms with Crippen LogP contribution in [0.15, 0.2) is 0 Å². The molecule has 1 saturated heterocycles. The van der Waals surface area contributed by atoms with Crippen LogP contribution in [0.4, 0.5) is 0 Å². The van der Waals surface area contributed by atoms with Crippen LogP contribution in [0, 0.1) is 5.92 Å². The van der Waals surface area contributed by atoms with E-state index >= 15 is 0 Å². The van der Waals surface area contributed by atoms with E-state index in [1.807, 2.05) is 0 Å². The van der Waals surface area contributed by atoms with Crippen molar-refractivity contribution in [3.8, 4) is 0 Å². The van der Waals surface area contributed by atoms with Gasteiger partial charge in [0.2, 0.25) is 0 Å². The molecule has 70 valence electrons. The van der Waals surface area contributed by atoms with Crippen molar-refractivity contribution in [2.75, 3.05) is 13.1 Å². The molecule has 0 amide bonds. The molecule has 1 heterocycles. The Hall–Kier alpha value is -0.0800. The van der Waals surface area contributed by atoms with E-state index in [1.165, 1.54) is 38.8 Å². The number of hydrogen-bond donors (Lipinski definition) is 1. The van der Waals surface area contributed by atoms with Crippen molar-refractivity contribution in [3.63, 3.8) is 0 Å². The molecule has 0 aromatic carbocycles. The highest BCUT2D eigenvalue weighted by molar-refractivity contribution is 4.88. The summed E-state index contributed by atoms with van der Waals surface area (Å²) >= 11 is 0. The summed E-state index contributed by atoms with van der Waals surface area (Å²) in [5.74, 6) is 0.944. The molecule has 1 saturated carbocycles. The van der Waals surface area contributed by atoms with Gasteiger partial charge < -0.3 is 10.6 Å². The van der Waals surface area contributed by atoms with Crippen LogP contribution < -0.4 is 5.73 Å². The van der Waals surface area contributed by atoms with Crippen LogP contribution >= 0.6 is 0 Å². The second kappa shape index (κ2) is 3.35. The third kappa shape index (κ3) is 1.50. The van der Waals surface area contributed by atoms with Gasteiger partial charge in [0.1, 0.15) is 0 Å². The second-order valence-corrected chi connectivity index (χ2v) is 4.50. The summed E-state index contributed by atoms with van der Waals surface area (Å²) in [6.45, 7) is 4.87. The van der Waals surface area contributed by atoms with Gasteiger partial charge in [-0.2, -0.15) is 0 Å². The Bertz CT molecular complexity index is 150. The maximum atomic E-state index is 5.86. The molecule has 0 aromatic heterocycles. The summed E-state index contributed by atoms with van der Waals surface area (Å²) in [4.78, 5) is 2.65. The van der Waals surface area contributed by atoms with Gasteiger partial charge >= 0.3 is 0 Å². The Kier molecular flexibility index (Phi) is 2.37. The molecule has 1 aliphatic heterocycles. The lowest BCUT2D eigenvalue weighted by Crippen LogP contribution is -2.51. The fraction of sp³-hybridized carbons (Fsp3) is 1.00. The van der Waals surface area contributed by atoms with E-state index in [4.69, 9.17) is 5.73 Å². The number of rotatable bonds is 1. The minimum Gasteiger partial charge on any atom is -0.328 e. The Morgan fingerprint density at radius 1 is 1.08 bits per heavy atom. The molecular formula is C10H20N2. The maximum absolute atomic E-state index is 5.86. The quantitative estimate of drug-likeness (QED) is 0.637. The SMILES string of the molecule is CC1CCC1N1CCC(N)CC1. The molecule has 2 rings (SSSR count). The summed E-state index contributed by atoms with van der Waals surface area (Å²) < 4.78 is 0. The molecule has 2 heteroatoms. The normalized spacial score (nSPS) is 39.5. The molecule has 0 spiro atoms. The highest BCUT2D eigenvalue weighted by atomic mass is 15.2. The first kappa shape index (κ1) is 8.52. The van der Waals surface area contributed by atoms with Gasteiger partial charge in [0.05, 0.1) is 0 Å². The van der Waals surface area contributed by atoms with E-state index in [1.54, 1.807) is 0 Å². The number of piperidine rings is 1. The van der Waals surface area contributed by atoms with Crippen molar-refractivity contribution in [2.45, 2.75) is 44.7 Å². The van der Waals surface area contributed by atoms with Crippen molar-refractivity contribution in [2.24, 2.45) is 11.7 Å². The van der Waals surface area contributed by atoms with Crippen LogP contribution in [0.1, 0.15) is 32.6 Å². The van der Waals surface area contributed by atoms with Crippen LogP contribution in [0.5, 0.6) is 0 Å². The fourth-order valence-corrected chi connectivity index (χ4v) is 2.44. The topological polar surface area (TPSA) is 29.3 Å². The maximum Gasteiger partial charge on any atom is 0.0121 e. The molecule has 2 nitrogen and oxygen atoms in total. The van der Waals surface area contributed by atoms with E-state index in [9.17, 15) is 0 Å². The van der Waals surface area contributed by atoms with Crippen LogP contribution in [0.25, 0.3) is 0 Å². The molecule has 2 fully saturated rings. The Balaban J connectivity index is 1.81. The number of nitrogens with two attached hydrogens (primary N) is 1. The van der Waals surface area contributed by atoms with Gasteiger partial charge in [-0.1, -0.05) is 6.92 Å². The second-order valence-electron chi connectivity index (χ2n) is 4.50. The smallest absolute Gasteiger partial charge is 0.0121 e. The molecule has 0 radical (unpaired) electrons. The van der Waals surface area contributed by atoms with E-state index in [0.717, 1.165) is 12.0 Å². The lowest BCUT2D eigenvalue weighted by atomic mass is 9.79. The molecule has 1 aliphatic carbocycles. The van der Waals surface area contributed by atoms with Crippen LogP contribution in [0.3, 0.4) is 0 Å². The van der Waals surface area contributed by atoms with Crippen molar-refractivity contribution >= 4 is 0 Å². The zero-order valence-electron chi connectivity index (χ0n) is 8.00. The van der Waals surface area contributed by atoms with E-state index in [2.05, 4.69) is 11.8 Å². The highest BCUT2D eigenvalue weighted by Crippen LogP contribution is 2.32. The lowest BCUT2D eigenvalue weighted by Gasteiger charge is -2.45. The summed E-state index contributed by atoms with van der Waals surface area (Å²) in [6, 6.07) is 1.38. The lowest BCUT2D eigenvalue weighted by molar-refractivity contribution is 0.0518. The molecule has 12 heavy (non-hydrogen) atoms. The molecule has 2 atom stereocenters. The summed E-state index contributed by atoms with van der Waals surface area (Å²) in [6.07, 6.45) is 5.29. The highest BCUT2D eigenvalue weighted by Gasteiger charge is 2.33. The molecule has 0 bridgehead atoms. The summed E-state index contributed by atoms with van der Waals surface area (Å²) in [5, 5.41) is 0. The first-order valence-corrected chi connectivity index (χ1v) is 5.27. The average molecular weight is 168 g/mol. The van der Waals surface area contributed by atoms with Gasteiger partial charge in [0.15, 0.2) is 0 Å². The van der Waals surface area contributed by atoms with Gasteiger partial charge in [0.25, 0.3) is 0 Å². The van der Waals surface area contributed by atoms with E-state index in [-0.39, 0.29) is 0 Å². The molecule has 0 aromatic rings. The average Bonchev–Trinajstić information content (AvgIpc) is 2.06. The van der Waals surface area contributed by atoms with Crippen molar-refractivity contribution < 1.29 is 0 Å². The number of nitrogens with zero attached hydrogens (tertiary/aromatic N) is 1. The van der Waals surface area contributed by atoms with Crippen LogP contribution in [-0.2, 0) is 0 Å². The number of hydrogen-bond acceptors (Lipinski definition) is 2. The fourth-order valence-electron chi connectivity index (χ4n) is 2.44. The Labute approximate surface area is 75.1 Å². The monoisotopic (exact) mass is 168 g/mol. The van der Waals surface area contributed by atoms with Crippen LogP contribution in [0.2, 0.25) is 0 Å². The Morgan fingerprint density at radius 3 is 2.17 bits per heavy atom. The van der Waals surface area contributed by atoms with Gasteiger partial charge in [-0.25, -0.2) is 0 Å². The molecule has 2 aliphatic rings. The van der Waals surface area contributed by atoms with Crippen LogP contribution in [-0.4, -0.2) is 30.1 Å². The van der Waals surface area contributed by atoms with Gasteiger partial charge in [0, 0.05) is 12.1 Å². The third-order valence-corrected chi connectivity index (χ3v) is 3.62. The first-order chi connectivity index (χ1) is 5.77. The van der Waals surface area contributed by atoms with Crippen molar-refractivity contribution in [3.05, 3.63) is 0 Å². The zero-order valence-corrected chi connectivity index (χ0v) is 8.00. The van der Waals surface area contributed by atoms with Crippen molar-refractivity contribution in [1.82, 2.24) is 4.90 Å². The molecule has 2 N–H and O–H groups in total. The van der Waals surface area contributed by atoms with E-state index < -0.39 is 0 Å². The largest absolute Gasteiger partial charge is 0.328 e.